The molecule has 0 spiro atoms. The molecule has 0 saturated heterocycles. The first kappa shape index (κ1) is 23.3. The van der Waals surface area contributed by atoms with Gasteiger partial charge in [-0.15, -0.1) is 0 Å². The van der Waals surface area contributed by atoms with E-state index < -0.39 is 18.2 Å². The monoisotopic (exact) mass is 396 g/mol. The van der Waals surface area contributed by atoms with Gasteiger partial charge in [0.25, 0.3) is 0 Å². The number of imide groups is 1. The molecular weight excluding hydrogens is 384 g/mol. The Morgan fingerprint density at radius 2 is 1.67 bits per heavy atom. The summed E-state index contributed by atoms with van der Waals surface area (Å²) >= 11 is 3.26. The van der Waals surface area contributed by atoms with Crippen LogP contribution in [0.4, 0.5) is 4.79 Å². The number of hydrogen-bond donors (Lipinski definition) is 3. The number of hydrogen-bond acceptors (Lipinski definition) is 5. The number of halogens is 1. The van der Waals surface area contributed by atoms with Gasteiger partial charge in [0, 0.05) is 0 Å². The molecule has 0 unspecified atom stereocenters. The fraction of sp³-hybridized carbons (Fsp3) is 0.714. The summed E-state index contributed by atoms with van der Waals surface area (Å²) < 4.78 is 8.00. The number of rotatable bonds is 3. The summed E-state index contributed by atoms with van der Waals surface area (Å²) in [6.45, 7) is 3.72. The standard InChI is InChI=1S/C7H13BrN2O2.H3O4P.Zn/c1-3-7(8,4-2)5(11)10-6(9)12;1-5(2,3)4;/h3-4H2,1-2H3,(H3,9,10,11,12);(H3,1,2,3,4);/q;;+2/p-2. The molecule has 0 aromatic rings. The van der Waals surface area contributed by atoms with Crippen LogP contribution in [0.5, 0.6) is 0 Å². The fourth-order valence-corrected chi connectivity index (χ4v) is 0.894. The van der Waals surface area contributed by atoms with Gasteiger partial charge in [-0.05, 0) is 12.8 Å². The minimum Gasteiger partial charge on any atom is -0.790 e. The zero-order chi connectivity index (χ0) is 14.3. The van der Waals surface area contributed by atoms with Crippen molar-refractivity contribution in [1.29, 1.82) is 0 Å². The molecule has 4 N–H and O–H groups in total. The molecule has 0 saturated carbocycles. The average molecular weight is 398 g/mol. The smallest absolute Gasteiger partial charge is 0.790 e. The number of carbonyl (C=O) groups is 2. The van der Waals surface area contributed by atoms with E-state index in [2.05, 4.69) is 15.9 Å². The van der Waals surface area contributed by atoms with Gasteiger partial charge in [-0.25, -0.2) is 4.79 Å². The van der Waals surface area contributed by atoms with Crippen LogP contribution in [0, 0.1) is 0 Å². The molecule has 0 aliphatic rings. The van der Waals surface area contributed by atoms with Gasteiger partial charge >= 0.3 is 25.5 Å². The Morgan fingerprint density at radius 3 is 1.83 bits per heavy atom. The minimum atomic E-state index is -5.14. The molecule has 0 aliphatic heterocycles. The third-order valence-electron chi connectivity index (χ3n) is 1.76. The zero-order valence-electron chi connectivity index (χ0n) is 10.0. The van der Waals surface area contributed by atoms with E-state index in [-0.39, 0.29) is 25.4 Å². The Bertz CT molecular complexity index is 311. The van der Waals surface area contributed by atoms with E-state index in [1.54, 1.807) is 0 Å². The van der Waals surface area contributed by atoms with Gasteiger partial charge in [-0.3, -0.25) is 10.1 Å². The summed E-state index contributed by atoms with van der Waals surface area (Å²) in [5.74, 6) is -0.375. The Labute approximate surface area is 126 Å². The van der Waals surface area contributed by atoms with Crippen molar-refractivity contribution < 1.29 is 48.3 Å². The number of carbonyl (C=O) groups excluding carboxylic acids is 2. The molecule has 0 bridgehead atoms. The van der Waals surface area contributed by atoms with E-state index in [9.17, 15) is 9.59 Å². The largest absolute Gasteiger partial charge is 2.00 e. The summed E-state index contributed by atoms with van der Waals surface area (Å²) in [6.07, 6.45) is 1.23. The zero-order valence-corrected chi connectivity index (χ0v) is 15.5. The van der Waals surface area contributed by atoms with Gasteiger partial charge in [0.1, 0.15) is 4.32 Å². The molecule has 0 radical (unpaired) electrons. The number of phosphoric acid groups is 1. The number of primary amides is 1. The number of alkyl halides is 1. The van der Waals surface area contributed by atoms with Crippen LogP contribution < -0.4 is 20.8 Å². The van der Waals surface area contributed by atoms with Gasteiger partial charge in [-0.1, -0.05) is 29.8 Å². The Balaban J connectivity index is -0.000000321. The normalized spacial score (nSPS) is 10.6. The third kappa shape index (κ3) is 14.2. The van der Waals surface area contributed by atoms with Crippen molar-refractivity contribution in [3.05, 3.63) is 0 Å². The SMILES string of the molecule is CCC(Br)(CC)C(=O)NC(N)=O.O=P([O-])([O-])O.[Zn+2]. The van der Waals surface area contributed by atoms with E-state index in [1.807, 2.05) is 19.2 Å². The quantitative estimate of drug-likeness (QED) is 0.313. The molecule has 3 amide bonds. The van der Waals surface area contributed by atoms with Gasteiger partial charge in [0.2, 0.25) is 5.91 Å². The van der Waals surface area contributed by atoms with Crippen LogP contribution in [0.3, 0.4) is 0 Å². The first-order valence-electron chi connectivity index (χ1n) is 4.50. The van der Waals surface area contributed by atoms with Crippen LogP contribution >= 0.6 is 23.8 Å². The second-order valence-corrected chi connectivity index (χ2v) is 5.41. The Kier molecular flexibility index (Phi) is 12.9. The molecule has 11 heteroatoms. The molecule has 0 rings (SSSR count). The van der Waals surface area contributed by atoms with Crippen molar-refractivity contribution >= 4 is 35.7 Å². The van der Waals surface area contributed by atoms with Crippen LogP contribution in [0.2, 0.25) is 0 Å². The van der Waals surface area contributed by atoms with Gasteiger partial charge in [0.05, 0.1) is 7.82 Å². The Morgan fingerprint density at radius 1 is 1.39 bits per heavy atom. The molecule has 0 aromatic heterocycles. The third-order valence-corrected chi connectivity index (χ3v) is 3.25. The average Bonchev–Trinajstić information content (AvgIpc) is 2.12. The van der Waals surface area contributed by atoms with Crippen LogP contribution in [0.25, 0.3) is 0 Å². The first-order valence-corrected chi connectivity index (χ1v) is 6.79. The van der Waals surface area contributed by atoms with E-state index in [0.29, 0.717) is 12.8 Å². The maximum absolute atomic E-state index is 11.3. The summed E-state index contributed by atoms with van der Waals surface area (Å²) in [7, 11) is -5.14. The molecule has 0 aliphatic carbocycles. The maximum Gasteiger partial charge on any atom is 2.00 e. The van der Waals surface area contributed by atoms with Crippen LogP contribution in [-0.2, 0) is 28.8 Å². The number of nitrogens with two attached hydrogens (primary N) is 1. The van der Waals surface area contributed by atoms with Crippen molar-refractivity contribution in [2.24, 2.45) is 5.73 Å². The van der Waals surface area contributed by atoms with Crippen LogP contribution in [0.15, 0.2) is 0 Å². The molecule has 0 fully saturated rings. The van der Waals surface area contributed by atoms with Gasteiger partial charge in [-0.2, -0.15) is 0 Å². The summed E-state index contributed by atoms with van der Waals surface area (Å²) in [4.78, 5) is 45.9. The van der Waals surface area contributed by atoms with Gasteiger partial charge < -0.3 is 25.0 Å². The molecule has 0 heterocycles. The van der Waals surface area contributed by atoms with Crippen molar-refractivity contribution in [3.63, 3.8) is 0 Å². The summed E-state index contributed by atoms with van der Waals surface area (Å²) in [5, 5.41) is 2.04. The van der Waals surface area contributed by atoms with Crippen molar-refractivity contribution in [1.82, 2.24) is 5.32 Å². The predicted molar refractivity (Wildman–Crippen MR) is 59.8 cm³/mol. The van der Waals surface area contributed by atoms with E-state index in [0.717, 1.165) is 0 Å². The molecule has 0 atom stereocenters. The molecule has 18 heavy (non-hydrogen) atoms. The van der Waals surface area contributed by atoms with E-state index in [1.165, 1.54) is 0 Å². The van der Waals surface area contributed by atoms with E-state index in [4.69, 9.17) is 25.0 Å². The molecule has 0 aromatic carbocycles. The van der Waals surface area contributed by atoms with Gasteiger partial charge in [0.15, 0.2) is 0 Å². The first-order chi connectivity index (χ1) is 7.46. The summed E-state index contributed by atoms with van der Waals surface area (Å²) in [5.41, 5.74) is 4.81. The number of urea groups is 1. The predicted octanol–water partition coefficient (Wildman–Crippen LogP) is -1.06. The molecule has 8 nitrogen and oxygen atoms in total. The number of amides is 3. The Hall–Kier alpha value is 0.153. The number of nitrogens with one attached hydrogen (secondary N) is 1. The maximum atomic E-state index is 11.3. The minimum absolute atomic E-state index is 0. The molecular formula is C7H14BrN2O6PZn. The second kappa shape index (κ2) is 10.0. The van der Waals surface area contributed by atoms with Crippen molar-refractivity contribution in [3.8, 4) is 0 Å². The molecule has 102 valence electrons. The van der Waals surface area contributed by atoms with Crippen molar-refractivity contribution in [2.45, 2.75) is 31.0 Å². The van der Waals surface area contributed by atoms with Crippen LogP contribution in [-0.4, -0.2) is 21.2 Å². The fourth-order valence-electron chi connectivity index (χ4n) is 0.795. The topological polar surface area (TPSA) is 156 Å². The second-order valence-electron chi connectivity index (χ2n) is 2.96. The van der Waals surface area contributed by atoms with E-state index >= 15 is 0 Å². The van der Waals surface area contributed by atoms with Crippen LogP contribution in [0.1, 0.15) is 26.7 Å². The summed E-state index contributed by atoms with van der Waals surface area (Å²) in [6, 6.07) is -0.814. The van der Waals surface area contributed by atoms with Crippen molar-refractivity contribution in [2.75, 3.05) is 0 Å².